The fourth-order valence-corrected chi connectivity index (χ4v) is 2.34. The predicted molar refractivity (Wildman–Crippen MR) is 92.8 cm³/mol. The Bertz CT molecular complexity index is 186. The number of unbranched alkanes of at least 4 members (excludes halogenated alkanes) is 13. The number of rotatable bonds is 14. The molecular weight excluding hydrogens is 285 g/mol. The maximum Gasteiger partial charge on any atom is 0.314 e. The van der Waals surface area contributed by atoms with Crippen molar-refractivity contribution in [2.75, 3.05) is 6.54 Å². The quantitative estimate of drug-likeness (QED) is 0.317. The van der Waals surface area contributed by atoms with Gasteiger partial charge in [0.05, 0.1) is 0 Å². The van der Waals surface area contributed by atoms with Crippen LogP contribution in [0.3, 0.4) is 0 Å². The molecule has 0 aliphatic carbocycles. The summed E-state index contributed by atoms with van der Waals surface area (Å²) in [6, 6.07) is 0. The van der Waals surface area contributed by atoms with Crippen LogP contribution in [0.5, 0.6) is 0 Å². The molecule has 0 atom stereocenters. The molecule has 5 heteroatoms. The smallest absolute Gasteiger partial charge is 0.314 e. The Hall–Kier alpha value is 0.110. The van der Waals surface area contributed by atoms with Gasteiger partial charge in [-0.1, -0.05) is 90.4 Å². The summed E-state index contributed by atoms with van der Waals surface area (Å²) in [4.78, 5) is 14.3. The monoisotopic (exact) mass is 323 g/mol. The Morgan fingerprint density at radius 2 is 0.905 bits per heavy atom. The fraction of sp³-hybridized carbons (Fsp3) is 1.00. The second kappa shape index (κ2) is 22.4. The molecule has 0 saturated carbocycles. The van der Waals surface area contributed by atoms with Crippen molar-refractivity contribution in [2.45, 2.75) is 96.8 Å². The van der Waals surface area contributed by atoms with Gasteiger partial charge in [0.15, 0.2) is 0 Å². The van der Waals surface area contributed by atoms with Crippen molar-refractivity contribution in [3.05, 3.63) is 0 Å². The summed E-state index contributed by atoms with van der Waals surface area (Å²) < 4.78 is 8.74. The van der Waals surface area contributed by atoms with Crippen molar-refractivity contribution in [2.24, 2.45) is 5.73 Å². The molecule has 0 aromatic carbocycles. The summed E-state index contributed by atoms with van der Waals surface area (Å²) >= 11 is 0. The molecule has 0 saturated heterocycles. The van der Waals surface area contributed by atoms with Gasteiger partial charge in [-0.05, 0) is 13.0 Å². The Balaban J connectivity index is 0. The third kappa shape index (κ3) is 33.1. The molecule has 0 unspecified atom stereocenters. The van der Waals surface area contributed by atoms with Crippen LogP contribution in [0, 0.1) is 0 Å². The third-order valence-corrected chi connectivity index (χ3v) is 3.56. The summed E-state index contributed by atoms with van der Waals surface area (Å²) in [5.74, 6) is 0. The fourth-order valence-electron chi connectivity index (χ4n) is 2.34. The van der Waals surface area contributed by atoms with E-state index in [1.165, 1.54) is 89.9 Å². The van der Waals surface area contributed by atoms with E-state index in [1.54, 1.807) is 0 Å². The van der Waals surface area contributed by atoms with Crippen molar-refractivity contribution in [3.8, 4) is 0 Å². The molecule has 4 nitrogen and oxygen atoms in total. The second-order valence-electron chi connectivity index (χ2n) is 5.67. The second-order valence-corrected chi connectivity index (χ2v) is 6.23. The van der Waals surface area contributed by atoms with Gasteiger partial charge in [-0.3, -0.25) is 4.57 Å². The molecule has 0 fully saturated rings. The molecule has 0 radical (unpaired) electrons. The maximum atomic E-state index is 8.74. The molecule has 130 valence electrons. The molecule has 0 amide bonds. The first kappa shape index (κ1) is 23.4. The van der Waals surface area contributed by atoms with Gasteiger partial charge in [-0.15, -0.1) is 0 Å². The third-order valence-electron chi connectivity index (χ3n) is 3.56. The first-order valence-electron chi connectivity index (χ1n) is 8.77. The van der Waals surface area contributed by atoms with E-state index in [1.807, 2.05) is 0 Å². The highest BCUT2D eigenvalue weighted by molar-refractivity contribution is 7.30. The first-order chi connectivity index (χ1) is 10.1. The molecule has 0 heterocycles. The van der Waals surface area contributed by atoms with Crippen molar-refractivity contribution < 1.29 is 14.4 Å². The van der Waals surface area contributed by atoms with E-state index in [-0.39, 0.29) is 0 Å². The summed E-state index contributed by atoms with van der Waals surface area (Å²) in [5.41, 5.74) is 5.47. The van der Waals surface area contributed by atoms with E-state index in [0.29, 0.717) is 0 Å². The zero-order valence-corrected chi connectivity index (χ0v) is 15.0. The SMILES string of the molecule is CCCCCCCCCCCCCCCCN.O=[PH](O)O. The lowest BCUT2D eigenvalue weighted by Gasteiger charge is -2.02. The van der Waals surface area contributed by atoms with E-state index in [0.717, 1.165) is 6.54 Å². The molecule has 4 N–H and O–H groups in total. The lowest BCUT2D eigenvalue weighted by Crippen LogP contribution is -1.97. The van der Waals surface area contributed by atoms with Crippen LogP contribution < -0.4 is 5.73 Å². The van der Waals surface area contributed by atoms with Crippen LogP contribution in [0.25, 0.3) is 0 Å². The van der Waals surface area contributed by atoms with E-state index in [4.69, 9.17) is 20.1 Å². The molecule has 0 bridgehead atoms. The van der Waals surface area contributed by atoms with Gasteiger partial charge in [0.25, 0.3) is 0 Å². The Labute approximate surface area is 132 Å². The Morgan fingerprint density at radius 1 is 0.667 bits per heavy atom. The largest absolute Gasteiger partial charge is 0.330 e. The van der Waals surface area contributed by atoms with Gasteiger partial charge in [0.2, 0.25) is 0 Å². The minimum absolute atomic E-state index is 0.873. The summed E-state index contributed by atoms with van der Waals surface area (Å²) in [5, 5.41) is 0. The molecular formula is C16H38NO3P. The van der Waals surface area contributed by atoms with Crippen molar-refractivity contribution >= 4 is 8.25 Å². The molecule has 0 spiro atoms. The van der Waals surface area contributed by atoms with Crippen LogP contribution >= 0.6 is 8.25 Å². The van der Waals surface area contributed by atoms with Crippen LogP contribution in [0.4, 0.5) is 0 Å². The van der Waals surface area contributed by atoms with E-state index >= 15 is 0 Å². The van der Waals surface area contributed by atoms with Gasteiger partial charge in [0.1, 0.15) is 0 Å². The topological polar surface area (TPSA) is 83.6 Å². The average molecular weight is 323 g/mol. The number of hydrogen-bond acceptors (Lipinski definition) is 2. The molecule has 0 rings (SSSR count). The van der Waals surface area contributed by atoms with Crippen molar-refractivity contribution in [3.63, 3.8) is 0 Å². The standard InChI is InChI=1S/C16H35N.H3O3P/c1-2-3-4-5-6-7-8-9-10-11-12-13-14-15-16-17;1-4(2)3/h2-17H2,1H3;4H,(H2,1,2,3). The summed E-state index contributed by atoms with van der Waals surface area (Å²) in [6.07, 6.45) is 19.9. The molecule has 0 aliphatic heterocycles. The number of hydrogen-bond donors (Lipinski definition) is 3. The van der Waals surface area contributed by atoms with Crippen LogP contribution in [0.2, 0.25) is 0 Å². The minimum atomic E-state index is -3.13. The predicted octanol–water partition coefficient (Wildman–Crippen LogP) is 4.79. The van der Waals surface area contributed by atoms with Crippen LogP contribution in [-0.4, -0.2) is 16.3 Å². The van der Waals surface area contributed by atoms with Gasteiger partial charge < -0.3 is 15.5 Å². The lowest BCUT2D eigenvalue weighted by molar-refractivity contribution is 0.405. The van der Waals surface area contributed by atoms with Gasteiger partial charge >= 0.3 is 8.25 Å². The summed E-state index contributed by atoms with van der Waals surface area (Å²) in [6.45, 7) is 3.16. The number of nitrogens with two attached hydrogens (primary N) is 1. The van der Waals surface area contributed by atoms with E-state index < -0.39 is 8.25 Å². The highest BCUT2D eigenvalue weighted by Gasteiger charge is 1.93. The van der Waals surface area contributed by atoms with Gasteiger partial charge in [0, 0.05) is 0 Å². The minimum Gasteiger partial charge on any atom is -0.330 e. The average Bonchev–Trinajstić information content (AvgIpc) is 2.43. The highest BCUT2D eigenvalue weighted by atomic mass is 31.1. The van der Waals surface area contributed by atoms with Crippen molar-refractivity contribution in [1.29, 1.82) is 0 Å². The maximum absolute atomic E-state index is 8.74. The van der Waals surface area contributed by atoms with Gasteiger partial charge in [-0.25, -0.2) is 0 Å². The Kier molecular flexibility index (Phi) is 24.9. The zero-order chi connectivity index (χ0) is 16.2. The molecule has 0 aromatic rings. The van der Waals surface area contributed by atoms with E-state index in [2.05, 4.69) is 6.92 Å². The Morgan fingerprint density at radius 3 is 1.14 bits per heavy atom. The highest BCUT2D eigenvalue weighted by Crippen LogP contribution is 2.12. The first-order valence-corrected chi connectivity index (χ1v) is 10.1. The molecule has 0 aliphatic rings. The van der Waals surface area contributed by atoms with Crippen LogP contribution in [0.15, 0.2) is 0 Å². The van der Waals surface area contributed by atoms with E-state index in [9.17, 15) is 0 Å². The zero-order valence-electron chi connectivity index (χ0n) is 14.0. The molecule has 0 aromatic heterocycles. The molecule has 21 heavy (non-hydrogen) atoms. The van der Waals surface area contributed by atoms with Gasteiger partial charge in [-0.2, -0.15) is 0 Å². The van der Waals surface area contributed by atoms with Crippen LogP contribution in [-0.2, 0) is 4.57 Å². The van der Waals surface area contributed by atoms with Crippen LogP contribution in [0.1, 0.15) is 96.8 Å². The van der Waals surface area contributed by atoms with Crippen molar-refractivity contribution in [1.82, 2.24) is 0 Å². The normalized spacial score (nSPS) is 10.5. The summed E-state index contributed by atoms with van der Waals surface area (Å²) in [7, 11) is -3.13. The lowest BCUT2D eigenvalue weighted by atomic mass is 10.0.